The Morgan fingerprint density at radius 1 is 0.441 bits per heavy atom. The first-order chi connectivity index (χ1) is 16.9. The first kappa shape index (κ1) is 31.6. The van der Waals surface area contributed by atoms with Crippen LogP contribution in [0.4, 0.5) is 0 Å². The van der Waals surface area contributed by atoms with E-state index in [0.29, 0.717) is 118 Å². The summed E-state index contributed by atoms with van der Waals surface area (Å²) in [6.45, 7) is 11.1. The fourth-order valence-corrected chi connectivity index (χ4v) is 2.94. The van der Waals surface area contributed by atoms with Crippen LogP contribution in [0.2, 0.25) is 0 Å². The maximum absolute atomic E-state index is 8.55. The number of hydrogen-bond acceptors (Lipinski definition) is 11. The smallest absolute Gasteiger partial charge is 0.0704 e. The quantitative estimate of drug-likeness (QED) is 0.148. The summed E-state index contributed by atoms with van der Waals surface area (Å²) in [6.07, 6.45) is 2.54. The van der Waals surface area contributed by atoms with Gasteiger partial charge in [-0.15, -0.1) is 0 Å². The minimum absolute atomic E-state index is 0.0320. The highest BCUT2D eigenvalue weighted by molar-refractivity contribution is 4.67. The molecular formula is C23H47NO10. The Kier molecular flexibility index (Phi) is 25.2. The van der Waals surface area contributed by atoms with Gasteiger partial charge in [0.25, 0.3) is 0 Å². The average molecular weight is 498 g/mol. The molecule has 0 bridgehead atoms. The Morgan fingerprint density at radius 3 is 1.06 bits per heavy atom. The van der Waals surface area contributed by atoms with Gasteiger partial charge in [-0.05, 0) is 25.9 Å². The van der Waals surface area contributed by atoms with Gasteiger partial charge < -0.3 is 53.1 Å². The van der Waals surface area contributed by atoms with Gasteiger partial charge in [0.15, 0.2) is 0 Å². The summed E-state index contributed by atoms with van der Waals surface area (Å²) in [5.74, 6) is 0. The molecule has 34 heavy (non-hydrogen) atoms. The second kappa shape index (κ2) is 27.2. The second-order valence-corrected chi connectivity index (χ2v) is 7.44. The number of nitrogens with one attached hydrogen (secondary N) is 1. The average Bonchev–Trinajstić information content (AvgIpc) is 2.87. The van der Waals surface area contributed by atoms with Gasteiger partial charge in [0.2, 0.25) is 0 Å². The summed E-state index contributed by atoms with van der Waals surface area (Å²) in [5, 5.41) is 11.9. The van der Waals surface area contributed by atoms with Gasteiger partial charge in [-0.25, -0.2) is 0 Å². The van der Waals surface area contributed by atoms with Crippen molar-refractivity contribution in [3.05, 3.63) is 0 Å². The molecule has 204 valence electrons. The molecule has 0 atom stereocenters. The van der Waals surface area contributed by atoms with Crippen LogP contribution < -0.4 is 5.32 Å². The van der Waals surface area contributed by atoms with Crippen molar-refractivity contribution in [3.63, 3.8) is 0 Å². The fourth-order valence-electron chi connectivity index (χ4n) is 2.94. The molecule has 1 rings (SSSR count). The molecule has 0 amide bonds. The molecular weight excluding hydrogens is 450 g/mol. The van der Waals surface area contributed by atoms with Gasteiger partial charge in [0, 0.05) is 0 Å². The molecule has 1 aliphatic heterocycles. The number of aliphatic hydroxyl groups excluding tert-OH is 1. The summed E-state index contributed by atoms with van der Waals surface area (Å²) in [6, 6.07) is 0. The number of rotatable bonds is 27. The van der Waals surface area contributed by atoms with Crippen LogP contribution >= 0.6 is 0 Å². The molecule has 0 aromatic carbocycles. The third-order valence-corrected chi connectivity index (χ3v) is 4.71. The van der Waals surface area contributed by atoms with Crippen LogP contribution in [-0.2, 0) is 42.6 Å². The van der Waals surface area contributed by atoms with Crippen molar-refractivity contribution in [2.24, 2.45) is 0 Å². The lowest BCUT2D eigenvalue weighted by Crippen LogP contribution is -2.33. The van der Waals surface area contributed by atoms with Gasteiger partial charge in [-0.2, -0.15) is 0 Å². The Labute approximate surface area is 204 Å². The van der Waals surface area contributed by atoms with E-state index in [9.17, 15) is 0 Å². The van der Waals surface area contributed by atoms with Crippen molar-refractivity contribution in [1.82, 2.24) is 5.32 Å². The zero-order valence-electron chi connectivity index (χ0n) is 20.8. The molecule has 0 spiro atoms. The summed E-state index contributed by atoms with van der Waals surface area (Å²) in [5.41, 5.74) is 0. The van der Waals surface area contributed by atoms with E-state index in [1.807, 2.05) is 0 Å². The van der Waals surface area contributed by atoms with Gasteiger partial charge in [-0.3, -0.25) is 0 Å². The van der Waals surface area contributed by atoms with Crippen molar-refractivity contribution in [1.29, 1.82) is 0 Å². The highest BCUT2D eigenvalue weighted by Crippen LogP contribution is 2.06. The normalized spacial score (nSPS) is 14.7. The van der Waals surface area contributed by atoms with Crippen LogP contribution in [0.3, 0.4) is 0 Å². The molecule has 0 saturated carbocycles. The molecule has 1 saturated heterocycles. The van der Waals surface area contributed by atoms with E-state index in [1.54, 1.807) is 0 Å². The highest BCUT2D eigenvalue weighted by Gasteiger charge is 2.12. The lowest BCUT2D eigenvalue weighted by atomic mass is 10.1. The molecule has 0 aromatic heterocycles. The maximum atomic E-state index is 8.55. The third-order valence-electron chi connectivity index (χ3n) is 4.71. The summed E-state index contributed by atoms with van der Waals surface area (Å²) in [4.78, 5) is 0. The predicted octanol–water partition coefficient (Wildman–Crippen LogP) is -0.120. The molecule has 0 aliphatic carbocycles. The lowest BCUT2D eigenvalue weighted by Gasteiger charge is -2.22. The van der Waals surface area contributed by atoms with Crippen LogP contribution in [0.25, 0.3) is 0 Å². The molecule has 11 nitrogen and oxygen atoms in total. The minimum Gasteiger partial charge on any atom is -0.394 e. The van der Waals surface area contributed by atoms with E-state index in [0.717, 1.165) is 25.9 Å². The van der Waals surface area contributed by atoms with Crippen molar-refractivity contribution in [2.45, 2.75) is 18.9 Å². The summed E-state index contributed by atoms with van der Waals surface area (Å²) >= 11 is 0. The summed E-state index contributed by atoms with van der Waals surface area (Å²) in [7, 11) is 0. The SMILES string of the molecule is OCCOCCOCCOCCOCCOCCOCCOCCOCCOC1CCNCC1. The Hall–Kier alpha value is -0.440. The molecule has 2 N–H and O–H groups in total. The van der Waals surface area contributed by atoms with Crippen molar-refractivity contribution >= 4 is 0 Å². The minimum atomic E-state index is 0.0320. The molecule has 0 radical (unpaired) electrons. The number of hydrogen-bond donors (Lipinski definition) is 2. The van der Waals surface area contributed by atoms with Crippen LogP contribution in [0.15, 0.2) is 0 Å². The van der Waals surface area contributed by atoms with E-state index in [2.05, 4.69) is 5.32 Å². The van der Waals surface area contributed by atoms with Gasteiger partial charge >= 0.3 is 0 Å². The first-order valence-electron chi connectivity index (χ1n) is 12.5. The number of aliphatic hydroxyl groups is 1. The molecule has 1 fully saturated rings. The molecule has 0 aromatic rings. The molecule has 1 aliphatic rings. The fraction of sp³-hybridized carbons (Fsp3) is 1.00. The van der Waals surface area contributed by atoms with Crippen LogP contribution in [0.5, 0.6) is 0 Å². The topological polar surface area (TPSA) is 115 Å². The number of ether oxygens (including phenoxy) is 9. The van der Waals surface area contributed by atoms with E-state index in [-0.39, 0.29) is 6.61 Å². The highest BCUT2D eigenvalue weighted by atomic mass is 16.6. The third kappa shape index (κ3) is 23.3. The monoisotopic (exact) mass is 497 g/mol. The second-order valence-electron chi connectivity index (χ2n) is 7.44. The van der Waals surface area contributed by atoms with Crippen LogP contribution in [0, 0.1) is 0 Å². The molecule has 1 heterocycles. The van der Waals surface area contributed by atoms with Gasteiger partial charge in [0.05, 0.1) is 125 Å². The lowest BCUT2D eigenvalue weighted by molar-refractivity contribution is -0.0319. The Morgan fingerprint density at radius 2 is 0.735 bits per heavy atom. The first-order valence-corrected chi connectivity index (χ1v) is 12.5. The predicted molar refractivity (Wildman–Crippen MR) is 125 cm³/mol. The van der Waals surface area contributed by atoms with Crippen LogP contribution in [-0.4, -0.2) is 143 Å². The Balaban J connectivity index is 1.61. The van der Waals surface area contributed by atoms with Crippen molar-refractivity contribution < 1.29 is 47.7 Å². The largest absolute Gasteiger partial charge is 0.394 e. The van der Waals surface area contributed by atoms with Gasteiger partial charge in [0.1, 0.15) is 0 Å². The van der Waals surface area contributed by atoms with Crippen molar-refractivity contribution in [3.8, 4) is 0 Å². The number of piperidine rings is 1. The van der Waals surface area contributed by atoms with E-state index in [4.69, 9.17) is 47.7 Å². The summed E-state index contributed by atoms with van der Waals surface area (Å²) < 4.78 is 48.9. The van der Waals surface area contributed by atoms with Crippen molar-refractivity contribution in [2.75, 3.05) is 132 Å². The Bertz CT molecular complexity index is 389. The molecule has 11 heteroatoms. The standard InChI is InChI=1S/C23H47NO10/c25-5-6-26-7-8-27-9-10-28-11-12-29-13-14-30-15-16-31-17-18-32-19-20-33-21-22-34-23-1-3-24-4-2-23/h23-25H,1-22H2. The van der Waals surface area contributed by atoms with Gasteiger partial charge in [-0.1, -0.05) is 0 Å². The zero-order valence-corrected chi connectivity index (χ0v) is 20.8. The van der Waals surface area contributed by atoms with E-state index in [1.165, 1.54) is 0 Å². The zero-order chi connectivity index (χ0) is 24.2. The molecule has 0 unspecified atom stereocenters. The van der Waals surface area contributed by atoms with E-state index < -0.39 is 0 Å². The van der Waals surface area contributed by atoms with E-state index >= 15 is 0 Å². The van der Waals surface area contributed by atoms with Crippen LogP contribution in [0.1, 0.15) is 12.8 Å². The maximum Gasteiger partial charge on any atom is 0.0704 e.